The monoisotopic (exact) mass is 471 g/mol. The van der Waals surface area contributed by atoms with Gasteiger partial charge in [0.2, 0.25) is 0 Å². The lowest BCUT2D eigenvalue weighted by Gasteiger charge is -2.15. The quantitative estimate of drug-likeness (QED) is 0.334. The highest BCUT2D eigenvalue weighted by atomic mass is 19.1. The highest BCUT2D eigenvalue weighted by molar-refractivity contribution is 5.99. The minimum atomic E-state index is -0.339. The molecule has 4 rings (SSSR count). The third-order valence-electron chi connectivity index (χ3n) is 5.64. The Balaban J connectivity index is 1.40. The first-order chi connectivity index (χ1) is 16.8. The lowest BCUT2D eigenvalue weighted by molar-refractivity contribution is 0.0938. The molecule has 8 heteroatoms. The highest BCUT2D eigenvalue weighted by Gasteiger charge is 2.21. The zero-order chi connectivity index (χ0) is 24.9. The van der Waals surface area contributed by atoms with Gasteiger partial charge in [-0.25, -0.2) is 13.9 Å². The van der Waals surface area contributed by atoms with Gasteiger partial charge < -0.3 is 16.0 Å². The summed E-state index contributed by atoms with van der Waals surface area (Å²) in [5.41, 5.74) is 4.63. The van der Waals surface area contributed by atoms with Gasteiger partial charge in [0.05, 0.1) is 28.7 Å². The smallest absolute Gasteiger partial charge is 0.323 e. The summed E-state index contributed by atoms with van der Waals surface area (Å²) in [6.45, 7) is 5.47. The zero-order valence-electron chi connectivity index (χ0n) is 19.7. The number of carbonyl (C=O) groups is 2. The topological polar surface area (TPSA) is 88.1 Å². The number of hydrogen-bond acceptors (Lipinski definition) is 3. The summed E-state index contributed by atoms with van der Waals surface area (Å²) in [6.07, 6.45) is 0. The molecule has 0 radical (unpaired) electrons. The molecule has 4 aromatic rings. The van der Waals surface area contributed by atoms with Crippen molar-refractivity contribution in [3.63, 3.8) is 0 Å². The van der Waals surface area contributed by atoms with E-state index in [1.165, 1.54) is 12.1 Å². The molecular formula is C27H26FN5O2. The summed E-state index contributed by atoms with van der Waals surface area (Å²) >= 11 is 0. The highest BCUT2D eigenvalue weighted by Crippen LogP contribution is 2.21. The predicted octanol–water partition coefficient (Wildman–Crippen LogP) is 5.76. The number of urea groups is 1. The van der Waals surface area contributed by atoms with Crippen molar-refractivity contribution in [3.8, 4) is 5.69 Å². The Kier molecular flexibility index (Phi) is 6.91. The average Bonchev–Trinajstić information content (AvgIpc) is 3.14. The predicted molar refractivity (Wildman–Crippen MR) is 134 cm³/mol. The summed E-state index contributed by atoms with van der Waals surface area (Å²) in [4.78, 5) is 25.2. The van der Waals surface area contributed by atoms with Gasteiger partial charge in [-0.05, 0) is 74.9 Å². The molecular weight excluding hydrogens is 445 g/mol. The fourth-order valence-electron chi connectivity index (χ4n) is 3.83. The Morgan fingerprint density at radius 1 is 0.857 bits per heavy atom. The van der Waals surface area contributed by atoms with Crippen LogP contribution in [0.2, 0.25) is 0 Å². The largest absolute Gasteiger partial charge is 0.345 e. The average molecular weight is 472 g/mol. The molecule has 3 N–H and O–H groups in total. The molecule has 0 saturated carbocycles. The molecule has 1 heterocycles. The van der Waals surface area contributed by atoms with Crippen molar-refractivity contribution in [1.82, 2.24) is 15.1 Å². The van der Waals surface area contributed by atoms with Crippen molar-refractivity contribution in [1.29, 1.82) is 0 Å². The van der Waals surface area contributed by atoms with Crippen LogP contribution in [0.5, 0.6) is 0 Å². The van der Waals surface area contributed by atoms with Crippen molar-refractivity contribution in [2.75, 3.05) is 10.6 Å². The number of halogens is 1. The van der Waals surface area contributed by atoms with Crippen LogP contribution in [0.1, 0.15) is 40.3 Å². The van der Waals surface area contributed by atoms with Crippen molar-refractivity contribution >= 4 is 23.3 Å². The Morgan fingerprint density at radius 2 is 1.46 bits per heavy atom. The lowest BCUT2D eigenvalue weighted by atomic mass is 10.1. The summed E-state index contributed by atoms with van der Waals surface area (Å²) in [6, 6.07) is 21.8. The SMILES string of the molecule is Cc1nn(-c2ccc(F)cc2)c(C)c1C(=O)NC(C)c1ccc(NC(=O)Nc2ccccc2)cc1. The maximum atomic E-state index is 13.3. The Hall–Kier alpha value is -4.46. The molecule has 1 unspecified atom stereocenters. The minimum absolute atomic E-state index is 0.245. The van der Waals surface area contributed by atoms with Gasteiger partial charge >= 0.3 is 6.03 Å². The van der Waals surface area contributed by atoms with E-state index in [0.29, 0.717) is 34.0 Å². The van der Waals surface area contributed by atoms with Gasteiger partial charge in [0.25, 0.3) is 5.91 Å². The molecule has 0 spiro atoms. The molecule has 0 fully saturated rings. The number of aromatic nitrogens is 2. The van der Waals surface area contributed by atoms with Crippen molar-refractivity contribution in [3.05, 3.63) is 107 Å². The third-order valence-corrected chi connectivity index (χ3v) is 5.64. The maximum Gasteiger partial charge on any atom is 0.323 e. The van der Waals surface area contributed by atoms with Crippen LogP contribution in [0.4, 0.5) is 20.6 Å². The Labute approximate surface area is 203 Å². The van der Waals surface area contributed by atoms with Crippen LogP contribution in [0, 0.1) is 19.7 Å². The number of amides is 3. The third kappa shape index (κ3) is 5.55. The van der Waals surface area contributed by atoms with Crippen LogP contribution < -0.4 is 16.0 Å². The van der Waals surface area contributed by atoms with Crippen LogP contribution >= 0.6 is 0 Å². The number of para-hydroxylation sites is 1. The number of nitrogens with zero attached hydrogens (tertiary/aromatic N) is 2. The van der Waals surface area contributed by atoms with Gasteiger partial charge in [-0.2, -0.15) is 5.10 Å². The zero-order valence-corrected chi connectivity index (χ0v) is 19.7. The number of benzene rings is 3. The van der Waals surface area contributed by atoms with Crippen molar-refractivity contribution in [2.24, 2.45) is 0 Å². The number of nitrogens with one attached hydrogen (secondary N) is 3. The fourth-order valence-corrected chi connectivity index (χ4v) is 3.83. The van der Waals surface area contributed by atoms with Gasteiger partial charge in [-0.15, -0.1) is 0 Å². The second-order valence-corrected chi connectivity index (χ2v) is 8.20. The second kappa shape index (κ2) is 10.2. The molecule has 0 bridgehead atoms. The summed E-state index contributed by atoms with van der Waals surface area (Å²) in [5, 5.41) is 13.0. The van der Waals surface area contributed by atoms with Gasteiger partial charge in [0, 0.05) is 11.4 Å². The van der Waals surface area contributed by atoms with Crippen molar-refractivity contribution < 1.29 is 14.0 Å². The van der Waals surface area contributed by atoms with E-state index in [2.05, 4.69) is 21.0 Å². The molecule has 1 aromatic heterocycles. The molecule has 0 saturated heterocycles. The van der Waals surface area contributed by atoms with E-state index in [9.17, 15) is 14.0 Å². The van der Waals surface area contributed by atoms with E-state index in [4.69, 9.17) is 0 Å². The van der Waals surface area contributed by atoms with E-state index in [0.717, 1.165) is 5.56 Å². The van der Waals surface area contributed by atoms with Gasteiger partial charge in [0.15, 0.2) is 0 Å². The van der Waals surface area contributed by atoms with Gasteiger partial charge in [-0.1, -0.05) is 30.3 Å². The number of carbonyl (C=O) groups excluding carboxylic acids is 2. The van der Waals surface area contributed by atoms with Crippen molar-refractivity contribution in [2.45, 2.75) is 26.8 Å². The fraction of sp³-hybridized carbons (Fsp3) is 0.148. The number of anilines is 2. The molecule has 178 valence electrons. The van der Waals surface area contributed by atoms with E-state index in [-0.39, 0.29) is 23.8 Å². The molecule has 0 aliphatic carbocycles. The molecule has 1 atom stereocenters. The van der Waals surface area contributed by atoms with E-state index in [1.54, 1.807) is 48.0 Å². The second-order valence-electron chi connectivity index (χ2n) is 8.20. The number of aryl methyl sites for hydroxylation is 1. The molecule has 7 nitrogen and oxygen atoms in total. The minimum Gasteiger partial charge on any atom is -0.345 e. The summed E-state index contributed by atoms with van der Waals surface area (Å²) in [7, 11) is 0. The lowest BCUT2D eigenvalue weighted by Crippen LogP contribution is -2.27. The van der Waals surface area contributed by atoms with Crippen LogP contribution in [0.25, 0.3) is 5.69 Å². The van der Waals surface area contributed by atoms with Crippen LogP contribution in [-0.4, -0.2) is 21.7 Å². The standard InChI is InChI=1S/C27H26FN5O2/c1-17(20-9-13-23(14-10-20)31-27(35)30-22-7-5-4-6-8-22)29-26(34)25-18(2)32-33(19(25)3)24-15-11-21(28)12-16-24/h4-17H,1-3H3,(H,29,34)(H2,30,31,35). The normalized spacial score (nSPS) is 11.5. The molecule has 0 aliphatic heterocycles. The Morgan fingerprint density at radius 3 is 2.09 bits per heavy atom. The molecule has 3 aromatic carbocycles. The Bertz CT molecular complexity index is 1330. The van der Waals surface area contributed by atoms with E-state index < -0.39 is 0 Å². The molecule has 3 amide bonds. The first-order valence-corrected chi connectivity index (χ1v) is 11.2. The summed E-state index contributed by atoms with van der Waals surface area (Å²) < 4.78 is 14.9. The number of hydrogen-bond donors (Lipinski definition) is 3. The first kappa shape index (κ1) is 23.7. The van der Waals surface area contributed by atoms with Crippen LogP contribution in [0.3, 0.4) is 0 Å². The van der Waals surface area contributed by atoms with Gasteiger partial charge in [-0.3, -0.25) is 4.79 Å². The first-order valence-electron chi connectivity index (χ1n) is 11.2. The maximum absolute atomic E-state index is 13.3. The summed E-state index contributed by atoms with van der Waals surface area (Å²) in [5.74, 6) is -0.578. The van der Waals surface area contributed by atoms with Crippen LogP contribution in [-0.2, 0) is 0 Å². The van der Waals surface area contributed by atoms with E-state index >= 15 is 0 Å². The van der Waals surface area contributed by atoms with E-state index in [1.807, 2.05) is 44.2 Å². The molecule has 35 heavy (non-hydrogen) atoms. The number of rotatable bonds is 6. The van der Waals surface area contributed by atoms with Crippen LogP contribution in [0.15, 0.2) is 78.9 Å². The van der Waals surface area contributed by atoms with Gasteiger partial charge in [0.1, 0.15) is 5.82 Å². The molecule has 0 aliphatic rings.